The molecule has 146 valence electrons. The molecule has 0 amide bonds. The summed E-state index contributed by atoms with van der Waals surface area (Å²) >= 11 is 0. The topological polar surface area (TPSA) is 43.0 Å². The van der Waals surface area contributed by atoms with Crippen molar-refractivity contribution in [3.8, 4) is 11.5 Å². The van der Waals surface area contributed by atoms with E-state index in [4.69, 9.17) is 14.2 Å². The maximum absolute atomic E-state index is 13.8. The molecule has 1 fully saturated rings. The largest absolute Gasteiger partial charge is 0.497 e. The van der Waals surface area contributed by atoms with Gasteiger partial charge in [-0.15, -0.1) is 0 Å². The molecule has 2 aromatic carbocycles. The molecule has 0 radical (unpaired) electrons. The zero-order chi connectivity index (χ0) is 19.1. The molecule has 1 atom stereocenters. The SMILES string of the molecule is COc1cc(CNCC(c2cccc(F)c2)N2CCOCC2)cc(OC)c1. The minimum absolute atomic E-state index is 0.0945. The van der Waals surface area contributed by atoms with Crippen LogP contribution in [-0.2, 0) is 11.3 Å². The van der Waals surface area contributed by atoms with Crippen molar-refractivity contribution in [2.45, 2.75) is 12.6 Å². The van der Waals surface area contributed by atoms with Gasteiger partial charge in [-0.1, -0.05) is 12.1 Å². The van der Waals surface area contributed by atoms with E-state index < -0.39 is 0 Å². The number of nitrogens with zero attached hydrogens (tertiary/aromatic N) is 1. The van der Waals surface area contributed by atoms with Gasteiger partial charge in [-0.3, -0.25) is 4.90 Å². The lowest BCUT2D eigenvalue weighted by atomic mass is 10.0. The third-order valence-electron chi connectivity index (χ3n) is 4.80. The minimum atomic E-state index is -0.205. The molecule has 5 nitrogen and oxygen atoms in total. The van der Waals surface area contributed by atoms with Crippen molar-refractivity contribution in [2.75, 3.05) is 47.1 Å². The molecule has 2 aromatic rings. The van der Waals surface area contributed by atoms with Crippen LogP contribution < -0.4 is 14.8 Å². The monoisotopic (exact) mass is 374 g/mol. The molecule has 6 heteroatoms. The number of benzene rings is 2. The number of methoxy groups -OCH3 is 2. The van der Waals surface area contributed by atoms with Crippen molar-refractivity contribution in [3.05, 3.63) is 59.4 Å². The van der Waals surface area contributed by atoms with Crippen molar-refractivity contribution in [3.63, 3.8) is 0 Å². The maximum Gasteiger partial charge on any atom is 0.123 e. The zero-order valence-corrected chi connectivity index (χ0v) is 15.9. The molecule has 0 saturated carbocycles. The van der Waals surface area contributed by atoms with Gasteiger partial charge in [0.1, 0.15) is 17.3 Å². The number of halogens is 1. The van der Waals surface area contributed by atoms with E-state index in [0.717, 1.165) is 35.7 Å². The summed E-state index contributed by atoms with van der Waals surface area (Å²) in [6.45, 7) is 4.48. The average Bonchev–Trinajstić information content (AvgIpc) is 2.71. The predicted octanol–water partition coefficient (Wildman–Crippen LogP) is 3.01. The molecule has 0 spiro atoms. The fourth-order valence-electron chi connectivity index (χ4n) is 3.38. The van der Waals surface area contributed by atoms with Gasteiger partial charge in [0.15, 0.2) is 0 Å². The number of rotatable bonds is 8. The van der Waals surface area contributed by atoms with Crippen molar-refractivity contribution >= 4 is 0 Å². The normalized spacial score (nSPS) is 16.1. The lowest BCUT2D eigenvalue weighted by molar-refractivity contribution is 0.0160. The van der Waals surface area contributed by atoms with E-state index >= 15 is 0 Å². The Morgan fingerprint density at radius 3 is 2.41 bits per heavy atom. The molecule has 1 heterocycles. The fraction of sp³-hybridized carbons (Fsp3) is 0.429. The molecule has 27 heavy (non-hydrogen) atoms. The Morgan fingerprint density at radius 1 is 1.07 bits per heavy atom. The van der Waals surface area contributed by atoms with E-state index in [9.17, 15) is 4.39 Å². The zero-order valence-electron chi connectivity index (χ0n) is 15.9. The highest BCUT2D eigenvalue weighted by Crippen LogP contribution is 2.24. The molecule has 1 N–H and O–H groups in total. The Hall–Kier alpha value is -2.15. The van der Waals surface area contributed by atoms with Gasteiger partial charge in [0.2, 0.25) is 0 Å². The van der Waals surface area contributed by atoms with Crippen molar-refractivity contribution < 1.29 is 18.6 Å². The second-order valence-corrected chi connectivity index (χ2v) is 6.57. The first-order valence-electron chi connectivity index (χ1n) is 9.19. The van der Waals surface area contributed by atoms with E-state index in [1.54, 1.807) is 26.4 Å². The van der Waals surface area contributed by atoms with Crippen molar-refractivity contribution in [1.29, 1.82) is 0 Å². The Balaban J connectivity index is 1.69. The smallest absolute Gasteiger partial charge is 0.123 e. The second kappa shape index (κ2) is 9.69. The summed E-state index contributed by atoms with van der Waals surface area (Å²) in [5.41, 5.74) is 2.05. The fourth-order valence-corrected chi connectivity index (χ4v) is 3.38. The summed E-state index contributed by atoms with van der Waals surface area (Å²) in [7, 11) is 3.29. The van der Waals surface area contributed by atoms with E-state index in [0.29, 0.717) is 26.3 Å². The molecule has 0 aromatic heterocycles. The van der Waals surface area contributed by atoms with Crippen LogP contribution in [0.25, 0.3) is 0 Å². The van der Waals surface area contributed by atoms with Crippen LogP contribution in [0.15, 0.2) is 42.5 Å². The van der Waals surface area contributed by atoms with Crippen LogP contribution in [0.1, 0.15) is 17.2 Å². The summed E-state index contributed by atoms with van der Waals surface area (Å²) in [4.78, 5) is 2.34. The Labute approximate surface area is 160 Å². The molecule has 1 unspecified atom stereocenters. The summed E-state index contributed by atoms with van der Waals surface area (Å²) in [6, 6.07) is 12.8. The first-order chi connectivity index (χ1) is 13.2. The van der Waals surface area contributed by atoms with Gasteiger partial charge >= 0.3 is 0 Å². The molecular formula is C21H27FN2O3. The lowest BCUT2D eigenvalue weighted by Crippen LogP contribution is -2.42. The highest BCUT2D eigenvalue weighted by atomic mass is 19.1. The van der Waals surface area contributed by atoms with Gasteiger partial charge in [0, 0.05) is 38.3 Å². The molecule has 0 bridgehead atoms. The number of ether oxygens (including phenoxy) is 3. The highest BCUT2D eigenvalue weighted by Gasteiger charge is 2.22. The van der Waals surface area contributed by atoms with E-state index in [1.165, 1.54) is 6.07 Å². The Bertz CT molecular complexity index is 713. The van der Waals surface area contributed by atoms with Gasteiger partial charge in [0.25, 0.3) is 0 Å². The lowest BCUT2D eigenvalue weighted by Gasteiger charge is -2.35. The van der Waals surface area contributed by atoms with Gasteiger partial charge in [-0.2, -0.15) is 0 Å². The van der Waals surface area contributed by atoms with E-state index in [-0.39, 0.29) is 11.9 Å². The van der Waals surface area contributed by atoms with Gasteiger partial charge in [0.05, 0.1) is 27.4 Å². The van der Waals surface area contributed by atoms with Crippen molar-refractivity contribution in [1.82, 2.24) is 10.2 Å². The molecule has 1 aliphatic rings. The molecule has 1 saturated heterocycles. The van der Waals surface area contributed by atoms with Gasteiger partial charge < -0.3 is 19.5 Å². The standard InChI is InChI=1S/C21H27FN2O3/c1-25-19-10-16(11-20(13-19)26-2)14-23-15-21(24-6-8-27-9-7-24)17-4-3-5-18(22)12-17/h3-5,10-13,21,23H,6-9,14-15H2,1-2H3. The third-order valence-corrected chi connectivity index (χ3v) is 4.80. The Kier molecular flexibility index (Phi) is 7.04. The van der Waals surface area contributed by atoms with Crippen LogP contribution in [0.4, 0.5) is 4.39 Å². The first kappa shape index (κ1) is 19.6. The molecule has 0 aliphatic carbocycles. The average molecular weight is 374 g/mol. The van der Waals surface area contributed by atoms with Crippen LogP contribution in [-0.4, -0.2) is 52.0 Å². The summed E-state index contributed by atoms with van der Waals surface area (Å²) in [5, 5.41) is 3.50. The summed E-state index contributed by atoms with van der Waals surface area (Å²) in [5.74, 6) is 1.32. The van der Waals surface area contributed by atoms with Crippen LogP contribution >= 0.6 is 0 Å². The van der Waals surface area contributed by atoms with E-state index in [1.807, 2.05) is 24.3 Å². The second-order valence-electron chi connectivity index (χ2n) is 6.57. The molecule has 1 aliphatic heterocycles. The van der Waals surface area contributed by atoms with Crippen LogP contribution in [0.3, 0.4) is 0 Å². The highest BCUT2D eigenvalue weighted by molar-refractivity contribution is 5.38. The predicted molar refractivity (Wildman–Crippen MR) is 103 cm³/mol. The number of morpholine rings is 1. The van der Waals surface area contributed by atoms with Gasteiger partial charge in [-0.25, -0.2) is 4.39 Å². The third kappa shape index (κ3) is 5.42. The van der Waals surface area contributed by atoms with Crippen LogP contribution in [0.5, 0.6) is 11.5 Å². The summed E-state index contributed by atoms with van der Waals surface area (Å²) < 4.78 is 29.9. The Morgan fingerprint density at radius 2 is 1.78 bits per heavy atom. The van der Waals surface area contributed by atoms with Crippen molar-refractivity contribution in [2.24, 2.45) is 0 Å². The first-order valence-corrected chi connectivity index (χ1v) is 9.19. The summed E-state index contributed by atoms with van der Waals surface area (Å²) in [6.07, 6.45) is 0. The van der Waals surface area contributed by atoms with E-state index in [2.05, 4.69) is 10.2 Å². The number of nitrogens with one attached hydrogen (secondary N) is 1. The van der Waals surface area contributed by atoms with Crippen LogP contribution in [0, 0.1) is 5.82 Å². The number of hydrogen-bond donors (Lipinski definition) is 1. The van der Waals surface area contributed by atoms with Crippen LogP contribution in [0.2, 0.25) is 0 Å². The molecule has 3 rings (SSSR count). The quantitative estimate of drug-likeness (QED) is 0.769. The number of hydrogen-bond acceptors (Lipinski definition) is 5. The maximum atomic E-state index is 13.8. The minimum Gasteiger partial charge on any atom is -0.497 e. The van der Waals surface area contributed by atoms with Gasteiger partial charge in [-0.05, 0) is 35.4 Å². The molecular weight excluding hydrogens is 347 g/mol.